The number of hydrogen-bond acceptors (Lipinski definition) is 6. The highest BCUT2D eigenvalue weighted by Gasteiger charge is 2.15. The second-order valence-electron chi connectivity index (χ2n) is 5.20. The number of fused-ring (bicyclic) bond motifs is 1. The zero-order chi connectivity index (χ0) is 16.5. The maximum Gasteiger partial charge on any atom is 0.203 e. The molecule has 0 amide bonds. The summed E-state index contributed by atoms with van der Waals surface area (Å²) in [4.78, 5) is 7.94. The van der Waals surface area contributed by atoms with Gasteiger partial charge in [-0.3, -0.25) is 0 Å². The molecule has 0 bridgehead atoms. The van der Waals surface area contributed by atoms with Gasteiger partial charge < -0.3 is 15.8 Å². The first kappa shape index (κ1) is 14.4. The quantitative estimate of drug-likeness (QED) is 0.533. The molecule has 2 aromatic carbocycles. The summed E-state index contributed by atoms with van der Waals surface area (Å²) in [6.07, 6.45) is 1.94. The minimum atomic E-state index is 0.220. The number of aromatic nitrogens is 4. The summed E-state index contributed by atoms with van der Waals surface area (Å²) < 4.78 is 0. The van der Waals surface area contributed by atoms with Gasteiger partial charge in [-0.15, -0.1) is 10.2 Å². The Balaban J connectivity index is 1.88. The van der Waals surface area contributed by atoms with Crippen LogP contribution in [0.15, 0.2) is 48.5 Å². The Morgan fingerprint density at radius 1 is 1.08 bits per heavy atom. The number of nitrogens with two attached hydrogens (primary N) is 1. The highest BCUT2D eigenvalue weighted by atomic mass is 32.1. The van der Waals surface area contributed by atoms with Crippen molar-refractivity contribution < 1.29 is 5.11 Å². The van der Waals surface area contributed by atoms with Crippen molar-refractivity contribution in [2.24, 2.45) is 0 Å². The van der Waals surface area contributed by atoms with Crippen LogP contribution >= 0.6 is 11.3 Å². The number of phenolic OH excluding ortho intramolecular Hbond substituents is 1. The van der Waals surface area contributed by atoms with Crippen molar-refractivity contribution in [2.45, 2.75) is 0 Å². The number of aromatic hydroxyl groups is 1. The minimum Gasteiger partial charge on any atom is -0.508 e. The topological polar surface area (TPSA) is 101 Å². The second kappa shape index (κ2) is 5.78. The fourth-order valence-corrected chi connectivity index (χ4v) is 3.02. The molecule has 7 heteroatoms. The number of benzene rings is 2. The molecular formula is C17H13N5OS. The van der Waals surface area contributed by atoms with Gasteiger partial charge in [0, 0.05) is 0 Å². The fraction of sp³-hybridized carbons (Fsp3) is 0. The Labute approximate surface area is 141 Å². The van der Waals surface area contributed by atoms with Crippen LogP contribution in [-0.4, -0.2) is 25.3 Å². The number of anilines is 1. The van der Waals surface area contributed by atoms with E-state index in [1.807, 2.05) is 42.5 Å². The SMILES string of the molecule is Nc1nnc(/C(=C/c2ccc(O)cc2)c2nc3ccccc3[nH]2)s1. The van der Waals surface area contributed by atoms with Crippen LogP contribution in [0.25, 0.3) is 22.7 Å². The number of rotatable bonds is 3. The maximum absolute atomic E-state index is 9.45. The summed E-state index contributed by atoms with van der Waals surface area (Å²) in [5.41, 5.74) is 9.27. The molecule has 4 rings (SSSR count). The summed E-state index contributed by atoms with van der Waals surface area (Å²) in [6, 6.07) is 14.7. The molecule has 0 atom stereocenters. The summed E-state index contributed by atoms with van der Waals surface area (Å²) in [5, 5.41) is 18.6. The number of hydrogen-bond donors (Lipinski definition) is 3. The van der Waals surface area contributed by atoms with E-state index in [4.69, 9.17) is 5.73 Å². The molecule has 2 aromatic heterocycles. The molecule has 0 unspecified atom stereocenters. The predicted octanol–water partition coefficient (Wildman–Crippen LogP) is 3.29. The van der Waals surface area contributed by atoms with Gasteiger partial charge in [-0.2, -0.15) is 0 Å². The lowest BCUT2D eigenvalue weighted by molar-refractivity contribution is 0.475. The molecule has 4 aromatic rings. The van der Waals surface area contributed by atoms with Gasteiger partial charge in [-0.1, -0.05) is 35.6 Å². The van der Waals surface area contributed by atoms with Crippen molar-refractivity contribution in [2.75, 3.05) is 5.73 Å². The highest BCUT2D eigenvalue weighted by molar-refractivity contribution is 7.16. The van der Waals surface area contributed by atoms with Crippen LogP contribution < -0.4 is 5.73 Å². The van der Waals surface area contributed by atoms with E-state index in [1.165, 1.54) is 11.3 Å². The van der Waals surface area contributed by atoms with Gasteiger partial charge in [0.05, 0.1) is 16.6 Å². The van der Waals surface area contributed by atoms with E-state index in [2.05, 4.69) is 20.2 Å². The van der Waals surface area contributed by atoms with Crippen molar-refractivity contribution in [1.82, 2.24) is 20.2 Å². The van der Waals surface area contributed by atoms with E-state index >= 15 is 0 Å². The zero-order valence-corrected chi connectivity index (χ0v) is 13.3. The monoisotopic (exact) mass is 335 g/mol. The number of nitrogens with zero attached hydrogens (tertiary/aromatic N) is 3. The number of aromatic amines is 1. The number of H-pyrrole nitrogens is 1. The van der Waals surface area contributed by atoms with E-state index < -0.39 is 0 Å². The average Bonchev–Trinajstić information content (AvgIpc) is 3.20. The number of imidazole rings is 1. The molecule has 24 heavy (non-hydrogen) atoms. The Kier molecular flexibility index (Phi) is 3.47. The van der Waals surface area contributed by atoms with Crippen LogP contribution in [0.4, 0.5) is 5.13 Å². The van der Waals surface area contributed by atoms with E-state index in [-0.39, 0.29) is 5.75 Å². The van der Waals surface area contributed by atoms with E-state index in [1.54, 1.807) is 12.1 Å². The predicted molar refractivity (Wildman–Crippen MR) is 95.5 cm³/mol. The van der Waals surface area contributed by atoms with Gasteiger partial charge in [0.2, 0.25) is 5.13 Å². The summed E-state index contributed by atoms with van der Waals surface area (Å²) in [5.74, 6) is 0.915. The maximum atomic E-state index is 9.45. The Bertz CT molecular complexity index is 1000. The molecule has 0 aliphatic rings. The molecule has 0 saturated heterocycles. The third-order valence-electron chi connectivity index (χ3n) is 3.52. The lowest BCUT2D eigenvalue weighted by Gasteiger charge is -2.01. The first-order valence-electron chi connectivity index (χ1n) is 7.24. The molecule has 118 valence electrons. The highest BCUT2D eigenvalue weighted by Crippen LogP contribution is 2.29. The molecule has 0 fully saturated rings. The standard InChI is InChI=1S/C17H13N5OS/c18-17-22-21-16(24-17)12(9-10-5-7-11(23)8-6-10)15-19-13-3-1-2-4-14(13)20-15/h1-9,23H,(H2,18,22)(H,19,20)/b12-9+. The first-order valence-corrected chi connectivity index (χ1v) is 8.06. The van der Waals surface area contributed by atoms with E-state index in [0.29, 0.717) is 16.0 Å². The zero-order valence-electron chi connectivity index (χ0n) is 12.5. The van der Waals surface area contributed by atoms with Gasteiger partial charge in [0.15, 0.2) is 5.01 Å². The molecule has 0 radical (unpaired) electrons. The van der Waals surface area contributed by atoms with Crippen LogP contribution in [0.1, 0.15) is 16.4 Å². The van der Waals surface area contributed by atoms with Crippen molar-refractivity contribution in [3.05, 3.63) is 64.9 Å². The van der Waals surface area contributed by atoms with Gasteiger partial charge in [0.25, 0.3) is 0 Å². The van der Waals surface area contributed by atoms with Gasteiger partial charge in [-0.25, -0.2) is 4.98 Å². The van der Waals surface area contributed by atoms with Gasteiger partial charge in [-0.05, 0) is 35.9 Å². The number of phenols is 1. The first-order chi connectivity index (χ1) is 11.7. The second-order valence-corrected chi connectivity index (χ2v) is 6.21. The lowest BCUT2D eigenvalue weighted by Crippen LogP contribution is -1.90. The molecule has 2 heterocycles. The number of para-hydroxylation sites is 2. The summed E-state index contributed by atoms with van der Waals surface area (Å²) >= 11 is 1.30. The van der Waals surface area contributed by atoms with Crippen LogP contribution in [0.2, 0.25) is 0 Å². The normalized spacial score (nSPS) is 11.9. The fourth-order valence-electron chi connectivity index (χ4n) is 2.39. The van der Waals surface area contributed by atoms with Crippen LogP contribution in [-0.2, 0) is 0 Å². The van der Waals surface area contributed by atoms with Gasteiger partial charge in [0.1, 0.15) is 11.6 Å². The van der Waals surface area contributed by atoms with Crippen LogP contribution in [0.5, 0.6) is 5.75 Å². The summed E-state index contributed by atoms with van der Waals surface area (Å²) in [6.45, 7) is 0. The van der Waals surface area contributed by atoms with Crippen LogP contribution in [0.3, 0.4) is 0 Å². The molecule has 0 spiro atoms. The van der Waals surface area contributed by atoms with Crippen molar-refractivity contribution in [1.29, 1.82) is 0 Å². The van der Waals surface area contributed by atoms with Crippen molar-refractivity contribution in [3.63, 3.8) is 0 Å². The molecule has 6 nitrogen and oxygen atoms in total. The largest absolute Gasteiger partial charge is 0.508 e. The average molecular weight is 335 g/mol. The van der Waals surface area contributed by atoms with Gasteiger partial charge >= 0.3 is 0 Å². The molecular weight excluding hydrogens is 322 g/mol. The third kappa shape index (κ3) is 2.72. The van der Waals surface area contributed by atoms with E-state index in [9.17, 15) is 5.11 Å². The lowest BCUT2D eigenvalue weighted by atomic mass is 10.1. The van der Waals surface area contributed by atoms with Crippen molar-refractivity contribution in [3.8, 4) is 5.75 Å². The smallest absolute Gasteiger partial charge is 0.203 e. The molecule has 0 aliphatic carbocycles. The molecule has 4 N–H and O–H groups in total. The Hall–Kier alpha value is -3.19. The number of nitrogen functional groups attached to an aromatic ring is 1. The van der Waals surface area contributed by atoms with Crippen molar-refractivity contribution >= 4 is 39.2 Å². The number of nitrogens with one attached hydrogen (secondary N) is 1. The Morgan fingerprint density at radius 3 is 2.58 bits per heavy atom. The van der Waals surface area contributed by atoms with Crippen LogP contribution in [0, 0.1) is 0 Å². The third-order valence-corrected chi connectivity index (χ3v) is 4.31. The molecule has 0 saturated carbocycles. The Morgan fingerprint density at radius 2 is 1.88 bits per heavy atom. The minimum absolute atomic E-state index is 0.220. The molecule has 0 aliphatic heterocycles. The van der Waals surface area contributed by atoms with E-state index in [0.717, 1.165) is 22.2 Å². The summed E-state index contributed by atoms with van der Waals surface area (Å²) in [7, 11) is 0.